The lowest BCUT2D eigenvalue weighted by molar-refractivity contribution is 0.181. The van der Waals surface area contributed by atoms with Gasteiger partial charge in [-0.1, -0.05) is 23.7 Å². The molecule has 0 aromatic heterocycles. The van der Waals surface area contributed by atoms with Crippen LogP contribution in [0.5, 0.6) is 0 Å². The molecule has 1 saturated heterocycles. The van der Waals surface area contributed by atoms with Crippen LogP contribution >= 0.6 is 47.3 Å². The summed E-state index contributed by atoms with van der Waals surface area (Å²) in [6, 6.07) is 7.26. The molecule has 2 rings (SSSR count). The molecule has 136 valence electrons. The van der Waals surface area contributed by atoms with E-state index in [0.29, 0.717) is 11.6 Å². The number of benzene rings is 1. The van der Waals surface area contributed by atoms with Gasteiger partial charge in [0, 0.05) is 22.9 Å². The number of thioether (sulfide) groups is 1. The maximum Gasteiger partial charge on any atom is 0.191 e. The molecule has 0 saturated carbocycles. The Labute approximate surface area is 171 Å². The molecule has 3 N–H and O–H groups in total. The van der Waals surface area contributed by atoms with Crippen molar-refractivity contribution in [3.63, 3.8) is 0 Å². The number of rotatable bonds is 6. The standard InChI is InChI=1S/C17H26ClN3OS.HI/c1-3-19-16(21-12-17(2)9-4-10-23-17)20-11-15(22)13-5-7-14(18)8-6-13;/h5-8,15,22H,3-4,9-12H2,1-2H3,(H2,19,20,21);1H. The second kappa shape index (κ2) is 10.7. The third-order valence-electron chi connectivity index (χ3n) is 3.93. The molecule has 1 aliphatic rings. The van der Waals surface area contributed by atoms with Crippen LogP contribution in [-0.4, -0.2) is 41.2 Å². The Bertz CT molecular complexity index is 521. The minimum Gasteiger partial charge on any atom is -0.387 e. The average molecular weight is 484 g/mol. The number of aliphatic hydroxyl groups excluding tert-OH is 1. The van der Waals surface area contributed by atoms with Crippen LogP contribution in [0.4, 0.5) is 0 Å². The smallest absolute Gasteiger partial charge is 0.191 e. The van der Waals surface area contributed by atoms with Gasteiger partial charge < -0.3 is 15.7 Å². The number of hydrogen-bond acceptors (Lipinski definition) is 3. The first-order valence-corrected chi connectivity index (χ1v) is 9.48. The molecule has 0 amide bonds. The van der Waals surface area contributed by atoms with Crippen molar-refractivity contribution < 1.29 is 5.11 Å². The molecule has 1 aliphatic heterocycles. The molecule has 7 heteroatoms. The van der Waals surface area contributed by atoms with Gasteiger partial charge in [-0.3, -0.25) is 4.99 Å². The molecule has 1 aromatic rings. The number of nitrogens with one attached hydrogen (secondary N) is 2. The van der Waals surface area contributed by atoms with Gasteiger partial charge >= 0.3 is 0 Å². The monoisotopic (exact) mass is 483 g/mol. The second-order valence-corrected chi connectivity index (χ2v) is 8.16. The summed E-state index contributed by atoms with van der Waals surface area (Å²) in [7, 11) is 0. The summed E-state index contributed by atoms with van der Waals surface area (Å²) in [6.07, 6.45) is 1.90. The van der Waals surface area contributed by atoms with Gasteiger partial charge in [-0.25, -0.2) is 0 Å². The number of aliphatic hydroxyl groups is 1. The maximum atomic E-state index is 10.3. The first kappa shape index (κ1) is 21.9. The predicted molar refractivity (Wildman–Crippen MR) is 116 cm³/mol. The normalized spacial score (nSPS) is 21.9. The maximum absolute atomic E-state index is 10.3. The summed E-state index contributed by atoms with van der Waals surface area (Å²) in [5.74, 6) is 1.99. The largest absolute Gasteiger partial charge is 0.387 e. The first-order valence-electron chi connectivity index (χ1n) is 8.12. The lowest BCUT2D eigenvalue weighted by Gasteiger charge is -2.21. The van der Waals surface area contributed by atoms with E-state index < -0.39 is 6.10 Å². The van der Waals surface area contributed by atoms with Gasteiger partial charge in [-0.15, -0.1) is 24.0 Å². The number of halogens is 2. The zero-order valence-corrected chi connectivity index (χ0v) is 18.1. The Morgan fingerprint density at radius 1 is 1.38 bits per heavy atom. The Morgan fingerprint density at radius 2 is 2.08 bits per heavy atom. The highest BCUT2D eigenvalue weighted by molar-refractivity contribution is 14.0. The molecule has 2 unspecified atom stereocenters. The Kier molecular flexibility index (Phi) is 9.77. The predicted octanol–water partition coefficient (Wildman–Crippen LogP) is 3.83. The lowest BCUT2D eigenvalue weighted by atomic mass is 10.1. The molecular formula is C17H27ClIN3OS. The van der Waals surface area contributed by atoms with Crippen molar-refractivity contribution in [2.75, 3.05) is 25.4 Å². The summed E-state index contributed by atoms with van der Waals surface area (Å²) in [5.41, 5.74) is 0.844. The molecule has 0 bridgehead atoms. The second-order valence-electron chi connectivity index (χ2n) is 6.05. The molecule has 0 aliphatic carbocycles. The third-order valence-corrected chi connectivity index (χ3v) is 5.71. The quantitative estimate of drug-likeness (QED) is 0.327. The van der Waals surface area contributed by atoms with Gasteiger partial charge in [0.05, 0.1) is 12.6 Å². The van der Waals surface area contributed by atoms with Crippen molar-refractivity contribution in [1.29, 1.82) is 0 Å². The summed E-state index contributed by atoms with van der Waals surface area (Å²) >= 11 is 7.88. The van der Waals surface area contributed by atoms with E-state index in [1.54, 1.807) is 12.1 Å². The zero-order valence-electron chi connectivity index (χ0n) is 14.2. The Balaban J connectivity index is 0.00000288. The fourth-order valence-corrected chi connectivity index (χ4v) is 3.90. The van der Waals surface area contributed by atoms with E-state index in [1.165, 1.54) is 18.6 Å². The highest BCUT2D eigenvalue weighted by Crippen LogP contribution is 2.37. The van der Waals surface area contributed by atoms with E-state index >= 15 is 0 Å². The van der Waals surface area contributed by atoms with Crippen LogP contribution in [0.25, 0.3) is 0 Å². The van der Waals surface area contributed by atoms with Crippen LogP contribution in [0.3, 0.4) is 0 Å². The third kappa shape index (κ3) is 6.98. The van der Waals surface area contributed by atoms with Crippen LogP contribution in [0, 0.1) is 0 Å². The summed E-state index contributed by atoms with van der Waals surface area (Å²) in [6.45, 7) is 6.33. The molecule has 0 radical (unpaired) electrons. The number of aliphatic imine (C=N–C) groups is 1. The van der Waals surface area contributed by atoms with Crippen LogP contribution in [0.1, 0.15) is 38.4 Å². The van der Waals surface area contributed by atoms with Crippen molar-refractivity contribution in [3.05, 3.63) is 34.9 Å². The fraction of sp³-hybridized carbons (Fsp3) is 0.588. The zero-order chi connectivity index (χ0) is 16.7. The van der Waals surface area contributed by atoms with Gasteiger partial charge in [-0.2, -0.15) is 11.8 Å². The fourth-order valence-electron chi connectivity index (χ4n) is 2.55. The average Bonchev–Trinajstić information content (AvgIpc) is 2.97. The summed E-state index contributed by atoms with van der Waals surface area (Å²) in [4.78, 5) is 4.69. The molecule has 4 nitrogen and oxygen atoms in total. The summed E-state index contributed by atoms with van der Waals surface area (Å²) in [5, 5.41) is 17.4. The van der Waals surface area contributed by atoms with E-state index in [4.69, 9.17) is 11.6 Å². The van der Waals surface area contributed by atoms with Crippen LogP contribution in [0.15, 0.2) is 29.3 Å². The van der Waals surface area contributed by atoms with Crippen molar-refractivity contribution in [1.82, 2.24) is 10.6 Å². The molecule has 1 aromatic carbocycles. The van der Waals surface area contributed by atoms with E-state index in [0.717, 1.165) is 24.6 Å². The van der Waals surface area contributed by atoms with E-state index in [-0.39, 0.29) is 28.7 Å². The van der Waals surface area contributed by atoms with Crippen LogP contribution in [0.2, 0.25) is 5.02 Å². The highest BCUT2D eigenvalue weighted by atomic mass is 127. The van der Waals surface area contributed by atoms with Gasteiger partial charge in [-0.05, 0) is 50.1 Å². The Morgan fingerprint density at radius 3 is 2.67 bits per heavy atom. The summed E-state index contributed by atoms with van der Waals surface area (Å²) < 4.78 is 0.247. The Hall–Kier alpha value is -0.180. The molecule has 0 spiro atoms. The van der Waals surface area contributed by atoms with Crippen LogP contribution in [-0.2, 0) is 0 Å². The van der Waals surface area contributed by atoms with E-state index in [9.17, 15) is 5.11 Å². The van der Waals surface area contributed by atoms with Gasteiger partial charge in [0.1, 0.15) is 0 Å². The molecule has 1 heterocycles. The lowest BCUT2D eigenvalue weighted by Crippen LogP contribution is -2.40. The van der Waals surface area contributed by atoms with E-state index in [1.807, 2.05) is 30.8 Å². The van der Waals surface area contributed by atoms with Crippen molar-refractivity contribution in [2.45, 2.75) is 37.5 Å². The minimum absolute atomic E-state index is 0. The first-order chi connectivity index (χ1) is 11.0. The highest BCUT2D eigenvalue weighted by Gasteiger charge is 2.29. The SMILES string of the molecule is CCNC(=NCC1(C)CCCS1)NCC(O)c1ccc(Cl)cc1.I. The van der Waals surface area contributed by atoms with Crippen molar-refractivity contribution >= 4 is 53.3 Å². The topological polar surface area (TPSA) is 56.7 Å². The molecule has 2 atom stereocenters. The van der Waals surface area contributed by atoms with Crippen molar-refractivity contribution in [3.8, 4) is 0 Å². The van der Waals surface area contributed by atoms with E-state index in [2.05, 4.69) is 22.5 Å². The van der Waals surface area contributed by atoms with Gasteiger partial charge in [0.2, 0.25) is 0 Å². The number of hydrogen-bond donors (Lipinski definition) is 3. The molecule has 1 fully saturated rings. The van der Waals surface area contributed by atoms with Crippen LogP contribution < -0.4 is 10.6 Å². The number of guanidine groups is 1. The molecule has 24 heavy (non-hydrogen) atoms. The number of nitrogens with zero attached hydrogens (tertiary/aromatic N) is 1. The van der Waals surface area contributed by atoms with Gasteiger partial charge in [0.25, 0.3) is 0 Å². The van der Waals surface area contributed by atoms with Gasteiger partial charge in [0.15, 0.2) is 5.96 Å². The minimum atomic E-state index is -0.590. The molecular weight excluding hydrogens is 457 g/mol. The van der Waals surface area contributed by atoms with Crippen molar-refractivity contribution in [2.24, 2.45) is 4.99 Å².